The molecular formula is C22H20ClF2N5O2. The van der Waals surface area contributed by atoms with Crippen LogP contribution in [-0.4, -0.2) is 42.3 Å². The van der Waals surface area contributed by atoms with Gasteiger partial charge in [-0.3, -0.25) is 0 Å². The SMILES string of the molecule is Cc1c(Cl)nc(-c2ccc(NC(=O)Nc3ccc(F)c(F)c3)cc2)nc1N1CCOCC1. The Kier molecular flexibility index (Phi) is 6.48. The number of hydrogen-bond acceptors (Lipinski definition) is 5. The molecule has 0 atom stereocenters. The molecule has 0 spiro atoms. The largest absolute Gasteiger partial charge is 0.378 e. The fraction of sp³-hybridized carbons (Fsp3) is 0.227. The molecule has 4 rings (SSSR count). The molecule has 166 valence electrons. The van der Waals surface area contributed by atoms with Crippen LogP contribution in [-0.2, 0) is 4.74 Å². The molecule has 10 heteroatoms. The topological polar surface area (TPSA) is 79.4 Å². The van der Waals surface area contributed by atoms with E-state index in [2.05, 4.69) is 20.5 Å². The number of urea groups is 1. The number of nitrogens with zero attached hydrogens (tertiary/aromatic N) is 3. The van der Waals surface area contributed by atoms with Crippen LogP contribution in [0, 0.1) is 18.6 Å². The number of hydrogen-bond donors (Lipinski definition) is 2. The third-order valence-electron chi connectivity index (χ3n) is 4.95. The van der Waals surface area contributed by atoms with E-state index < -0.39 is 17.7 Å². The van der Waals surface area contributed by atoms with Gasteiger partial charge in [0, 0.05) is 41.7 Å². The van der Waals surface area contributed by atoms with Gasteiger partial charge in [-0.15, -0.1) is 0 Å². The van der Waals surface area contributed by atoms with Crippen molar-refractivity contribution in [2.45, 2.75) is 6.92 Å². The predicted molar refractivity (Wildman–Crippen MR) is 119 cm³/mol. The van der Waals surface area contributed by atoms with Crippen LogP contribution < -0.4 is 15.5 Å². The maximum absolute atomic E-state index is 13.3. The second-order valence-corrected chi connectivity index (χ2v) is 7.53. The molecule has 0 bridgehead atoms. The molecule has 0 aliphatic carbocycles. The van der Waals surface area contributed by atoms with Crippen molar-refractivity contribution in [2.24, 2.45) is 0 Å². The lowest BCUT2D eigenvalue weighted by atomic mass is 10.2. The van der Waals surface area contributed by atoms with Gasteiger partial charge in [0.15, 0.2) is 17.5 Å². The van der Waals surface area contributed by atoms with Crippen molar-refractivity contribution in [1.29, 1.82) is 0 Å². The van der Waals surface area contributed by atoms with Gasteiger partial charge >= 0.3 is 6.03 Å². The van der Waals surface area contributed by atoms with Gasteiger partial charge in [0.05, 0.1) is 13.2 Å². The fourth-order valence-corrected chi connectivity index (χ4v) is 3.42. The number of ether oxygens (including phenoxy) is 1. The lowest BCUT2D eigenvalue weighted by Crippen LogP contribution is -2.37. The third kappa shape index (κ3) is 4.95. The zero-order valence-corrected chi connectivity index (χ0v) is 17.9. The summed E-state index contributed by atoms with van der Waals surface area (Å²) in [5.74, 6) is -0.779. The van der Waals surface area contributed by atoms with Gasteiger partial charge in [-0.2, -0.15) is 0 Å². The lowest BCUT2D eigenvalue weighted by molar-refractivity contribution is 0.122. The molecule has 1 aliphatic rings. The van der Waals surface area contributed by atoms with Gasteiger partial charge in [0.2, 0.25) is 0 Å². The summed E-state index contributed by atoms with van der Waals surface area (Å²) in [6.45, 7) is 4.59. The van der Waals surface area contributed by atoms with Gasteiger partial charge < -0.3 is 20.3 Å². The molecule has 1 fully saturated rings. The summed E-state index contributed by atoms with van der Waals surface area (Å²) in [5.41, 5.74) is 2.18. The van der Waals surface area contributed by atoms with E-state index in [1.54, 1.807) is 24.3 Å². The molecular weight excluding hydrogens is 440 g/mol. The fourth-order valence-electron chi connectivity index (χ4n) is 3.26. The zero-order valence-electron chi connectivity index (χ0n) is 17.2. The van der Waals surface area contributed by atoms with Crippen LogP contribution in [0.3, 0.4) is 0 Å². The second kappa shape index (κ2) is 9.46. The predicted octanol–water partition coefficient (Wildman–Crippen LogP) is 4.86. The van der Waals surface area contributed by atoms with Gasteiger partial charge in [-0.25, -0.2) is 23.5 Å². The Bertz CT molecular complexity index is 1140. The van der Waals surface area contributed by atoms with E-state index in [9.17, 15) is 13.6 Å². The maximum Gasteiger partial charge on any atom is 0.323 e. The number of benzene rings is 2. The van der Waals surface area contributed by atoms with E-state index in [0.717, 1.165) is 42.2 Å². The van der Waals surface area contributed by atoms with E-state index in [-0.39, 0.29) is 5.69 Å². The van der Waals surface area contributed by atoms with Crippen molar-refractivity contribution < 1.29 is 18.3 Å². The number of rotatable bonds is 4. The normalized spacial score (nSPS) is 13.7. The highest BCUT2D eigenvalue weighted by molar-refractivity contribution is 6.30. The summed E-state index contributed by atoms with van der Waals surface area (Å²) in [5, 5.41) is 5.46. The number of aromatic nitrogens is 2. The van der Waals surface area contributed by atoms with Gasteiger partial charge in [-0.1, -0.05) is 11.6 Å². The minimum Gasteiger partial charge on any atom is -0.378 e. The Morgan fingerprint density at radius 3 is 2.34 bits per heavy atom. The lowest BCUT2D eigenvalue weighted by Gasteiger charge is -2.29. The molecule has 1 saturated heterocycles. The highest BCUT2D eigenvalue weighted by atomic mass is 35.5. The molecule has 0 unspecified atom stereocenters. The molecule has 1 aromatic heterocycles. The molecule has 7 nitrogen and oxygen atoms in total. The standard InChI is InChI=1S/C22H20ClF2N5O2/c1-13-19(23)28-20(29-21(13)30-8-10-32-11-9-30)14-2-4-15(5-3-14)26-22(31)27-16-6-7-17(24)18(25)12-16/h2-7,12H,8-11H2,1H3,(H2,26,27,31). The van der Waals surface area contributed by atoms with E-state index in [1.165, 1.54) is 6.07 Å². The number of nitrogens with one attached hydrogen (secondary N) is 2. The van der Waals surface area contributed by atoms with Crippen molar-refractivity contribution in [1.82, 2.24) is 9.97 Å². The third-order valence-corrected chi connectivity index (χ3v) is 5.32. The highest BCUT2D eigenvalue weighted by Crippen LogP contribution is 2.28. The summed E-state index contributed by atoms with van der Waals surface area (Å²) < 4.78 is 31.7. The summed E-state index contributed by atoms with van der Waals surface area (Å²) in [7, 11) is 0. The molecule has 3 aromatic rings. The van der Waals surface area contributed by atoms with Gasteiger partial charge in [0.1, 0.15) is 11.0 Å². The molecule has 32 heavy (non-hydrogen) atoms. The zero-order chi connectivity index (χ0) is 22.7. The van der Waals surface area contributed by atoms with Crippen LogP contribution in [0.5, 0.6) is 0 Å². The quantitative estimate of drug-likeness (QED) is 0.544. The smallest absolute Gasteiger partial charge is 0.323 e. The highest BCUT2D eigenvalue weighted by Gasteiger charge is 2.19. The van der Waals surface area contributed by atoms with Crippen LogP contribution >= 0.6 is 11.6 Å². The summed E-state index contributed by atoms with van der Waals surface area (Å²) in [6.07, 6.45) is 0. The monoisotopic (exact) mass is 459 g/mol. The molecule has 2 N–H and O–H groups in total. The summed E-state index contributed by atoms with van der Waals surface area (Å²) in [4.78, 5) is 23.3. The van der Waals surface area contributed by atoms with E-state index in [1.807, 2.05) is 6.92 Å². The summed E-state index contributed by atoms with van der Waals surface area (Å²) >= 11 is 6.36. The second-order valence-electron chi connectivity index (χ2n) is 7.17. The van der Waals surface area contributed by atoms with Crippen molar-refractivity contribution in [3.05, 3.63) is 64.8 Å². The molecule has 2 heterocycles. The first-order valence-electron chi connectivity index (χ1n) is 9.91. The minimum absolute atomic E-state index is 0.136. The Morgan fingerprint density at radius 2 is 1.66 bits per heavy atom. The first-order chi connectivity index (χ1) is 15.4. The van der Waals surface area contributed by atoms with Gasteiger partial charge in [0.25, 0.3) is 0 Å². The number of carbonyl (C=O) groups excluding carboxylic acids is 1. The molecule has 1 aliphatic heterocycles. The Hall–Kier alpha value is -3.30. The van der Waals surface area contributed by atoms with E-state index in [4.69, 9.17) is 21.3 Å². The Morgan fingerprint density at radius 1 is 1.00 bits per heavy atom. The minimum atomic E-state index is -1.04. The summed E-state index contributed by atoms with van der Waals surface area (Å²) in [6, 6.07) is 9.42. The molecule has 0 saturated carbocycles. The average Bonchev–Trinajstić information content (AvgIpc) is 2.79. The number of carbonyl (C=O) groups is 1. The first kappa shape index (κ1) is 21.9. The van der Waals surface area contributed by atoms with Crippen molar-refractivity contribution in [2.75, 3.05) is 41.8 Å². The number of morpholine rings is 1. The average molecular weight is 460 g/mol. The van der Waals surface area contributed by atoms with Gasteiger partial charge in [-0.05, 0) is 43.3 Å². The Balaban J connectivity index is 1.48. The van der Waals surface area contributed by atoms with Crippen molar-refractivity contribution >= 4 is 34.8 Å². The molecule has 0 radical (unpaired) electrons. The first-order valence-corrected chi connectivity index (χ1v) is 10.3. The molecule has 2 amide bonds. The van der Waals surface area contributed by atoms with E-state index in [0.29, 0.717) is 29.9 Å². The van der Waals surface area contributed by atoms with Crippen LogP contribution in [0.2, 0.25) is 5.15 Å². The molecule has 2 aromatic carbocycles. The van der Waals surface area contributed by atoms with Crippen LogP contribution in [0.15, 0.2) is 42.5 Å². The van der Waals surface area contributed by atoms with Crippen molar-refractivity contribution in [3.63, 3.8) is 0 Å². The maximum atomic E-state index is 13.3. The van der Waals surface area contributed by atoms with Crippen LogP contribution in [0.4, 0.5) is 30.8 Å². The number of anilines is 3. The van der Waals surface area contributed by atoms with Crippen LogP contribution in [0.1, 0.15) is 5.56 Å². The van der Waals surface area contributed by atoms with Crippen LogP contribution in [0.25, 0.3) is 11.4 Å². The van der Waals surface area contributed by atoms with E-state index >= 15 is 0 Å². The Labute approximate surface area is 188 Å². The number of halogens is 3. The number of amides is 2. The van der Waals surface area contributed by atoms with Crippen molar-refractivity contribution in [3.8, 4) is 11.4 Å².